The van der Waals surface area contributed by atoms with Crippen LogP contribution in [0.3, 0.4) is 0 Å². The van der Waals surface area contributed by atoms with Gasteiger partial charge in [-0.15, -0.1) is 0 Å². The van der Waals surface area contributed by atoms with Crippen LogP contribution in [0.4, 0.5) is 4.79 Å². The number of aliphatic hydroxyl groups excluding tert-OH is 1. The van der Waals surface area contributed by atoms with Gasteiger partial charge in [0.1, 0.15) is 0 Å². The van der Waals surface area contributed by atoms with Crippen molar-refractivity contribution in [3.63, 3.8) is 0 Å². The van der Waals surface area contributed by atoms with Crippen molar-refractivity contribution in [1.29, 1.82) is 0 Å². The maximum Gasteiger partial charge on any atom is 0.344 e. The molecule has 2 amide bonds. The van der Waals surface area contributed by atoms with Gasteiger partial charge in [-0.25, -0.2) is 4.79 Å². The standard InChI is InChI=1S/C8H14N2O2/c1-8(2,3)10-4-6(5-11)9-7(10)12/h11H,4-5H2,1-3H3. The largest absolute Gasteiger partial charge is 0.390 e. The molecule has 0 fully saturated rings. The number of amides is 2. The Balaban J connectivity index is 2.72. The summed E-state index contributed by atoms with van der Waals surface area (Å²) in [6, 6.07) is -0.244. The van der Waals surface area contributed by atoms with Gasteiger partial charge in [0.05, 0.1) is 18.9 Å². The third-order valence-electron chi connectivity index (χ3n) is 1.82. The molecule has 0 spiro atoms. The molecule has 1 N–H and O–H groups in total. The number of hydrogen-bond acceptors (Lipinski definition) is 2. The molecule has 0 atom stereocenters. The summed E-state index contributed by atoms with van der Waals surface area (Å²) in [6.07, 6.45) is 0. The minimum Gasteiger partial charge on any atom is -0.390 e. The van der Waals surface area contributed by atoms with Gasteiger partial charge in [0.15, 0.2) is 0 Å². The summed E-state index contributed by atoms with van der Waals surface area (Å²) in [6.45, 7) is 6.17. The normalized spacial score (nSPS) is 18.5. The molecule has 0 aliphatic carbocycles. The topological polar surface area (TPSA) is 52.9 Å². The Bertz CT molecular complexity index is 228. The van der Waals surface area contributed by atoms with Crippen LogP contribution in [0.1, 0.15) is 20.8 Å². The molecule has 1 rings (SSSR count). The Hall–Kier alpha value is -0.900. The molecule has 0 saturated carbocycles. The number of carbonyl (C=O) groups is 1. The van der Waals surface area contributed by atoms with Gasteiger partial charge >= 0.3 is 6.03 Å². The summed E-state index contributed by atoms with van der Waals surface area (Å²) in [5.41, 5.74) is 0.340. The van der Waals surface area contributed by atoms with Crippen molar-refractivity contribution in [1.82, 2.24) is 4.90 Å². The summed E-state index contributed by atoms with van der Waals surface area (Å²) >= 11 is 0. The lowest BCUT2D eigenvalue weighted by Crippen LogP contribution is -2.43. The Morgan fingerprint density at radius 1 is 1.58 bits per heavy atom. The first-order valence-corrected chi connectivity index (χ1v) is 3.94. The lowest BCUT2D eigenvalue weighted by atomic mass is 10.1. The van der Waals surface area contributed by atoms with E-state index in [0.29, 0.717) is 12.3 Å². The van der Waals surface area contributed by atoms with E-state index in [1.54, 1.807) is 4.90 Å². The minimum absolute atomic E-state index is 0.127. The van der Waals surface area contributed by atoms with Crippen molar-refractivity contribution in [3.05, 3.63) is 0 Å². The van der Waals surface area contributed by atoms with E-state index in [9.17, 15) is 4.79 Å². The van der Waals surface area contributed by atoms with Crippen LogP contribution in [0.15, 0.2) is 4.99 Å². The fourth-order valence-electron chi connectivity index (χ4n) is 1.09. The highest BCUT2D eigenvalue weighted by atomic mass is 16.3. The van der Waals surface area contributed by atoms with E-state index in [0.717, 1.165) is 0 Å². The maximum atomic E-state index is 11.2. The highest BCUT2D eigenvalue weighted by Crippen LogP contribution is 2.18. The first-order chi connectivity index (χ1) is 5.45. The molecule has 68 valence electrons. The van der Waals surface area contributed by atoms with E-state index in [2.05, 4.69) is 4.99 Å². The van der Waals surface area contributed by atoms with Crippen LogP contribution in [0.2, 0.25) is 0 Å². The second kappa shape index (κ2) is 2.86. The van der Waals surface area contributed by atoms with Gasteiger partial charge in [0, 0.05) is 5.54 Å². The van der Waals surface area contributed by atoms with Crippen LogP contribution in [-0.4, -0.2) is 40.4 Å². The van der Waals surface area contributed by atoms with Crippen molar-refractivity contribution < 1.29 is 9.90 Å². The van der Waals surface area contributed by atoms with Gasteiger partial charge in [0.25, 0.3) is 0 Å². The molecule has 0 bridgehead atoms. The monoisotopic (exact) mass is 170 g/mol. The molecule has 0 aromatic carbocycles. The van der Waals surface area contributed by atoms with Gasteiger partial charge < -0.3 is 10.0 Å². The fourth-order valence-corrected chi connectivity index (χ4v) is 1.09. The Kier molecular flexibility index (Phi) is 2.19. The summed E-state index contributed by atoms with van der Waals surface area (Å²) in [5, 5.41) is 8.76. The third kappa shape index (κ3) is 1.64. The molecule has 4 nitrogen and oxygen atoms in total. The summed E-state index contributed by atoms with van der Waals surface area (Å²) in [5.74, 6) is 0. The van der Waals surface area contributed by atoms with Crippen LogP contribution in [0.5, 0.6) is 0 Å². The second-order valence-electron chi connectivity index (χ2n) is 3.88. The van der Waals surface area contributed by atoms with E-state index < -0.39 is 0 Å². The molecule has 0 aromatic rings. The average molecular weight is 170 g/mol. The smallest absolute Gasteiger partial charge is 0.344 e. The molecular formula is C8H14N2O2. The molecule has 12 heavy (non-hydrogen) atoms. The Morgan fingerprint density at radius 2 is 2.17 bits per heavy atom. The highest BCUT2D eigenvalue weighted by molar-refractivity contribution is 6.03. The van der Waals surface area contributed by atoms with Crippen molar-refractivity contribution in [2.45, 2.75) is 26.3 Å². The first-order valence-electron chi connectivity index (χ1n) is 3.94. The number of nitrogens with zero attached hydrogens (tertiary/aromatic N) is 2. The van der Waals surface area contributed by atoms with E-state index in [4.69, 9.17) is 5.11 Å². The predicted octanol–water partition coefficient (Wildman–Crippen LogP) is 0.654. The lowest BCUT2D eigenvalue weighted by Gasteiger charge is -2.30. The predicted molar refractivity (Wildman–Crippen MR) is 46.4 cm³/mol. The summed E-state index contributed by atoms with van der Waals surface area (Å²) in [4.78, 5) is 16.6. The molecule has 1 aliphatic heterocycles. The van der Waals surface area contributed by atoms with Gasteiger partial charge in [-0.05, 0) is 20.8 Å². The van der Waals surface area contributed by atoms with Crippen molar-refractivity contribution in [2.75, 3.05) is 13.2 Å². The Labute approximate surface area is 71.9 Å². The quantitative estimate of drug-likeness (QED) is 0.628. The molecule has 0 unspecified atom stereocenters. The number of aliphatic imine (C=N–C) groups is 1. The van der Waals surface area contributed by atoms with Gasteiger partial charge in [-0.3, -0.25) is 0 Å². The first kappa shape index (κ1) is 9.19. The van der Waals surface area contributed by atoms with E-state index in [-0.39, 0.29) is 18.2 Å². The molecule has 1 heterocycles. The second-order valence-corrected chi connectivity index (χ2v) is 3.88. The Morgan fingerprint density at radius 3 is 2.42 bits per heavy atom. The third-order valence-corrected chi connectivity index (χ3v) is 1.82. The van der Waals surface area contributed by atoms with Crippen molar-refractivity contribution in [2.24, 2.45) is 4.99 Å². The zero-order chi connectivity index (χ0) is 9.35. The minimum atomic E-state index is -0.244. The zero-order valence-electron chi connectivity index (χ0n) is 7.66. The SMILES string of the molecule is CC(C)(C)N1CC(CO)=NC1=O. The molecule has 0 aromatic heterocycles. The molecular weight excluding hydrogens is 156 g/mol. The van der Waals surface area contributed by atoms with E-state index in [1.807, 2.05) is 20.8 Å². The van der Waals surface area contributed by atoms with Crippen molar-refractivity contribution >= 4 is 11.7 Å². The average Bonchev–Trinajstić information content (AvgIpc) is 2.29. The van der Waals surface area contributed by atoms with E-state index >= 15 is 0 Å². The van der Waals surface area contributed by atoms with Crippen LogP contribution >= 0.6 is 0 Å². The van der Waals surface area contributed by atoms with Gasteiger partial charge in [-0.1, -0.05) is 0 Å². The number of hydrogen-bond donors (Lipinski definition) is 1. The number of urea groups is 1. The van der Waals surface area contributed by atoms with Crippen LogP contribution < -0.4 is 0 Å². The summed E-state index contributed by atoms with van der Waals surface area (Å²) in [7, 11) is 0. The molecule has 0 saturated heterocycles. The van der Waals surface area contributed by atoms with Crippen LogP contribution in [-0.2, 0) is 0 Å². The van der Waals surface area contributed by atoms with Crippen LogP contribution in [0, 0.1) is 0 Å². The molecule has 4 heteroatoms. The van der Waals surface area contributed by atoms with Crippen LogP contribution in [0.25, 0.3) is 0 Å². The van der Waals surface area contributed by atoms with Crippen molar-refractivity contribution in [3.8, 4) is 0 Å². The highest BCUT2D eigenvalue weighted by Gasteiger charge is 2.31. The molecule has 1 aliphatic rings. The fraction of sp³-hybridized carbons (Fsp3) is 0.750. The van der Waals surface area contributed by atoms with Gasteiger partial charge in [-0.2, -0.15) is 4.99 Å². The summed E-state index contributed by atoms with van der Waals surface area (Å²) < 4.78 is 0. The lowest BCUT2D eigenvalue weighted by molar-refractivity contribution is 0.173. The molecule has 0 radical (unpaired) electrons. The number of rotatable bonds is 1. The maximum absolute atomic E-state index is 11.2. The van der Waals surface area contributed by atoms with E-state index in [1.165, 1.54) is 0 Å². The zero-order valence-corrected chi connectivity index (χ0v) is 7.66. The number of aliphatic hydroxyl groups is 1. The number of carbonyl (C=O) groups excluding carboxylic acids is 1. The van der Waals surface area contributed by atoms with Gasteiger partial charge in [0.2, 0.25) is 0 Å².